The van der Waals surface area contributed by atoms with E-state index in [-0.39, 0.29) is 34.2 Å². The number of fused-ring (bicyclic) bond motifs is 1. The van der Waals surface area contributed by atoms with Gasteiger partial charge in [-0.3, -0.25) is 4.79 Å². The minimum absolute atomic E-state index is 0.0310. The fourth-order valence-corrected chi connectivity index (χ4v) is 4.33. The highest BCUT2D eigenvalue weighted by atomic mass is 32.2. The maximum absolute atomic E-state index is 13.5. The number of carbonyl (C=O) groups excluding carboxylic acids is 1. The van der Waals surface area contributed by atoms with Gasteiger partial charge >= 0.3 is 0 Å². The molecular weight excluding hydrogens is 387 g/mol. The molecular formula is C18H17FN4O4S. The summed E-state index contributed by atoms with van der Waals surface area (Å²) in [7, 11) is -2.46. The molecule has 2 aromatic rings. The summed E-state index contributed by atoms with van der Waals surface area (Å²) in [6.45, 7) is 5.15. The molecule has 1 amide bonds. The molecule has 1 unspecified atom stereocenters. The van der Waals surface area contributed by atoms with Crippen molar-refractivity contribution in [3.63, 3.8) is 0 Å². The normalized spacial score (nSPS) is 20.2. The first-order valence-corrected chi connectivity index (χ1v) is 9.59. The molecule has 0 saturated carbocycles. The molecule has 2 heterocycles. The summed E-state index contributed by atoms with van der Waals surface area (Å²) in [5.41, 5.74) is -1.12. The number of ether oxygens (including phenoxy) is 1. The number of rotatable bonds is 3. The van der Waals surface area contributed by atoms with Crippen molar-refractivity contribution in [3.8, 4) is 11.8 Å². The molecule has 8 nitrogen and oxygen atoms in total. The van der Waals surface area contributed by atoms with E-state index in [0.717, 1.165) is 6.07 Å². The van der Waals surface area contributed by atoms with E-state index < -0.39 is 27.3 Å². The lowest BCUT2D eigenvalue weighted by atomic mass is 10.1. The molecule has 1 atom stereocenters. The summed E-state index contributed by atoms with van der Waals surface area (Å²) in [4.78, 5) is 12.6. The van der Waals surface area contributed by atoms with Crippen molar-refractivity contribution in [3.05, 3.63) is 54.1 Å². The Morgan fingerprint density at radius 2 is 2.25 bits per heavy atom. The number of sulfonamides is 1. The van der Waals surface area contributed by atoms with Gasteiger partial charge in [-0.1, -0.05) is 6.08 Å². The molecule has 146 valence electrons. The highest BCUT2D eigenvalue weighted by molar-refractivity contribution is 7.89. The number of nitriles is 1. The molecule has 3 rings (SSSR count). The predicted molar refractivity (Wildman–Crippen MR) is 98.9 cm³/mol. The zero-order chi connectivity index (χ0) is 20.7. The fourth-order valence-electron chi connectivity index (χ4n) is 2.76. The first kappa shape index (κ1) is 19.6. The minimum Gasteiger partial charge on any atom is -0.487 e. The van der Waals surface area contributed by atoms with Crippen molar-refractivity contribution < 1.29 is 22.3 Å². The molecule has 2 N–H and O–H groups in total. The molecule has 0 bridgehead atoms. The van der Waals surface area contributed by atoms with E-state index in [1.807, 2.05) is 0 Å². The molecule has 10 heteroatoms. The number of hydrogen-bond donors (Lipinski definition) is 2. The summed E-state index contributed by atoms with van der Waals surface area (Å²) in [6, 6.07) is 5.22. The highest BCUT2D eigenvalue weighted by Gasteiger charge is 2.38. The van der Waals surface area contributed by atoms with E-state index >= 15 is 0 Å². The van der Waals surface area contributed by atoms with Crippen LogP contribution in [0.25, 0.3) is 0 Å². The fraction of sp³-hybridized carbons (Fsp3) is 0.222. The third kappa shape index (κ3) is 3.37. The molecule has 1 aliphatic heterocycles. The van der Waals surface area contributed by atoms with Gasteiger partial charge in [-0.2, -0.15) is 9.98 Å². The molecule has 0 fully saturated rings. The monoisotopic (exact) mass is 404 g/mol. The topological polar surface area (TPSA) is 113 Å². The molecule has 1 aromatic carbocycles. The number of anilines is 1. The number of halogens is 1. The SMILES string of the molecule is C=CC1(C)COc2c(cn(C)c2C(=O)Nc2ccc(F)c(C#N)c2)S(=O)(=O)N1. The lowest BCUT2D eigenvalue weighted by Gasteiger charge is -2.23. The summed E-state index contributed by atoms with van der Waals surface area (Å²) < 4.78 is 48.3. The van der Waals surface area contributed by atoms with E-state index in [1.54, 1.807) is 13.0 Å². The number of aryl methyl sites for hydroxylation is 1. The van der Waals surface area contributed by atoms with E-state index in [0.29, 0.717) is 0 Å². The number of nitrogens with zero attached hydrogens (tertiary/aromatic N) is 2. The summed E-state index contributed by atoms with van der Waals surface area (Å²) in [6.07, 6.45) is 2.69. The molecule has 0 saturated heterocycles. The highest BCUT2D eigenvalue weighted by Crippen LogP contribution is 2.34. The van der Waals surface area contributed by atoms with Crippen LogP contribution in [0, 0.1) is 17.1 Å². The Bertz CT molecular complexity index is 1130. The maximum Gasteiger partial charge on any atom is 0.276 e. The lowest BCUT2D eigenvalue weighted by molar-refractivity contribution is 0.101. The zero-order valence-electron chi connectivity index (χ0n) is 15.1. The van der Waals surface area contributed by atoms with Gasteiger partial charge in [0, 0.05) is 18.9 Å². The van der Waals surface area contributed by atoms with Crippen LogP contribution < -0.4 is 14.8 Å². The molecule has 0 aliphatic carbocycles. The van der Waals surface area contributed by atoms with Gasteiger partial charge in [0.2, 0.25) is 10.0 Å². The first-order chi connectivity index (χ1) is 13.1. The van der Waals surface area contributed by atoms with Crippen LogP contribution in [0.2, 0.25) is 0 Å². The number of carbonyl (C=O) groups is 1. The van der Waals surface area contributed by atoms with Gasteiger partial charge in [0.05, 0.1) is 11.1 Å². The number of nitrogens with one attached hydrogen (secondary N) is 2. The van der Waals surface area contributed by atoms with E-state index in [9.17, 15) is 17.6 Å². The van der Waals surface area contributed by atoms with Crippen molar-refractivity contribution in [1.82, 2.24) is 9.29 Å². The van der Waals surface area contributed by atoms with Gasteiger partial charge in [-0.25, -0.2) is 12.8 Å². The number of benzene rings is 1. The Kier molecular flexibility index (Phi) is 4.74. The van der Waals surface area contributed by atoms with Crippen LogP contribution in [-0.2, 0) is 17.1 Å². The molecule has 1 aliphatic rings. The second-order valence-electron chi connectivity index (χ2n) is 6.56. The number of hydrogen-bond acceptors (Lipinski definition) is 5. The number of amides is 1. The van der Waals surface area contributed by atoms with Crippen LogP contribution >= 0.6 is 0 Å². The summed E-state index contributed by atoms with van der Waals surface area (Å²) in [5, 5.41) is 11.4. The second kappa shape index (κ2) is 6.78. The predicted octanol–water partition coefficient (Wildman–Crippen LogP) is 1.90. The third-order valence-electron chi connectivity index (χ3n) is 4.29. The Morgan fingerprint density at radius 1 is 1.54 bits per heavy atom. The van der Waals surface area contributed by atoms with Crippen molar-refractivity contribution in [2.45, 2.75) is 17.4 Å². The van der Waals surface area contributed by atoms with Crippen molar-refractivity contribution in [2.24, 2.45) is 7.05 Å². The first-order valence-electron chi connectivity index (χ1n) is 8.11. The van der Waals surface area contributed by atoms with Gasteiger partial charge in [0.25, 0.3) is 5.91 Å². The maximum atomic E-state index is 13.5. The van der Waals surface area contributed by atoms with E-state index in [2.05, 4.69) is 16.6 Å². The average Bonchev–Trinajstić information content (AvgIpc) is 2.94. The van der Waals surface area contributed by atoms with Gasteiger partial charge in [-0.05, 0) is 25.1 Å². The summed E-state index contributed by atoms with van der Waals surface area (Å²) >= 11 is 0. The van der Waals surface area contributed by atoms with Crippen LogP contribution in [0.5, 0.6) is 5.75 Å². The van der Waals surface area contributed by atoms with Crippen LogP contribution in [0.15, 0.2) is 41.9 Å². The molecule has 1 aromatic heterocycles. The van der Waals surface area contributed by atoms with Gasteiger partial charge in [0.15, 0.2) is 11.4 Å². The standard InChI is InChI=1S/C18H17FN4O4S/c1-4-18(2)10-27-16-14(28(25,26)22-18)9-23(3)15(16)17(24)21-12-5-6-13(19)11(7-12)8-20/h4-7,9,22H,1,10H2,2-3H3,(H,21,24). The Hall–Kier alpha value is -3.16. The second-order valence-corrected chi connectivity index (χ2v) is 8.21. The van der Waals surface area contributed by atoms with Crippen LogP contribution in [0.3, 0.4) is 0 Å². The largest absolute Gasteiger partial charge is 0.487 e. The van der Waals surface area contributed by atoms with Crippen molar-refractivity contribution in [2.75, 3.05) is 11.9 Å². The third-order valence-corrected chi connectivity index (χ3v) is 5.89. The van der Waals surface area contributed by atoms with Crippen LogP contribution in [0.1, 0.15) is 23.0 Å². The number of aromatic nitrogens is 1. The van der Waals surface area contributed by atoms with E-state index in [1.165, 1.54) is 36.0 Å². The Labute approximate surface area is 161 Å². The average molecular weight is 404 g/mol. The van der Waals surface area contributed by atoms with Crippen molar-refractivity contribution in [1.29, 1.82) is 5.26 Å². The van der Waals surface area contributed by atoms with Gasteiger partial charge in [0.1, 0.15) is 23.4 Å². The van der Waals surface area contributed by atoms with Gasteiger partial charge < -0.3 is 14.6 Å². The Balaban J connectivity index is 2.01. The van der Waals surface area contributed by atoms with Crippen LogP contribution in [0.4, 0.5) is 10.1 Å². The molecule has 28 heavy (non-hydrogen) atoms. The molecule has 0 radical (unpaired) electrons. The van der Waals surface area contributed by atoms with E-state index in [4.69, 9.17) is 10.00 Å². The van der Waals surface area contributed by atoms with Gasteiger partial charge in [-0.15, -0.1) is 6.58 Å². The van der Waals surface area contributed by atoms with Crippen LogP contribution in [-0.4, -0.2) is 31.0 Å². The lowest BCUT2D eigenvalue weighted by Crippen LogP contribution is -2.46. The molecule has 0 spiro atoms. The minimum atomic E-state index is -3.96. The smallest absolute Gasteiger partial charge is 0.276 e. The summed E-state index contributed by atoms with van der Waals surface area (Å²) in [5.74, 6) is -1.48. The Morgan fingerprint density at radius 3 is 2.89 bits per heavy atom. The quantitative estimate of drug-likeness (QED) is 0.759. The zero-order valence-corrected chi connectivity index (χ0v) is 15.9. The van der Waals surface area contributed by atoms with Crippen molar-refractivity contribution >= 4 is 21.6 Å².